The average molecular weight is 253 g/mol. The third kappa shape index (κ3) is 1.93. The molecule has 0 aliphatic carbocycles. The van der Waals surface area contributed by atoms with E-state index in [0.29, 0.717) is 0 Å². The van der Waals surface area contributed by atoms with Crippen molar-refractivity contribution in [3.8, 4) is 5.69 Å². The maximum atomic E-state index is 4.44. The summed E-state index contributed by atoms with van der Waals surface area (Å²) in [6.07, 6.45) is 3.37. The fraction of sp³-hybridized carbons (Fsp3) is 0.214. The smallest absolute Gasteiger partial charge is 0.168 e. The highest BCUT2D eigenvalue weighted by Gasteiger charge is 2.11. The third-order valence-corrected chi connectivity index (χ3v) is 3.05. The van der Waals surface area contributed by atoms with E-state index < -0.39 is 0 Å². The number of anilines is 1. The Labute approximate surface area is 111 Å². The van der Waals surface area contributed by atoms with Gasteiger partial charge in [-0.05, 0) is 25.5 Å². The number of benzene rings is 1. The Kier molecular flexibility index (Phi) is 2.87. The summed E-state index contributed by atoms with van der Waals surface area (Å²) in [5, 5.41) is 8.61. The summed E-state index contributed by atoms with van der Waals surface area (Å²) in [5.74, 6) is 0.826. The van der Waals surface area contributed by atoms with E-state index in [1.54, 1.807) is 12.5 Å². The molecule has 1 aromatic carbocycles. The minimum atomic E-state index is 0.820. The van der Waals surface area contributed by atoms with Crippen LogP contribution < -0.4 is 5.32 Å². The Balaban J connectivity index is 2.22. The van der Waals surface area contributed by atoms with E-state index in [0.717, 1.165) is 34.6 Å². The van der Waals surface area contributed by atoms with E-state index in [1.165, 1.54) is 0 Å². The SMILES string of the molecule is CCNc1ncnc2c1cnn2-c1ccccc1C. The van der Waals surface area contributed by atoms with Crippen LogP contribution in [0, 0.1) is 6.92 Å². The largest absolute Gasteiger partial charge is 0.370 e. The molecule has 0 atom stereocenters. The maximum absolute atomic E-state index is 4.44. The second-order valence-electron chi connectivity index (χ2n) is 4.33. The minimum Gasteiger partial charge on any atom is -0.370 e. The van der Waals surface area contributed by atoms with E-state index in [1.807, 2.05) is 29.8 Å². The molecule has 0 aliphatic rings. The van der Waals surface area contributed by atoms with Crippen LogP contribution in [-0.4, -0.2) is 26.3 Å². The monoisotopic (exact) mass is 253 g/mol. The molecule has 0 radical (unpaired) electrons. The molecule has 0 bridgehead atoms. The lowest BCUT2D eigenvalue weighted by molar-refractivity contribution is 0.887. The van der Waals surface area contributed by atoms with Gasteiger partial charge >= 0.3 is 0 Å². The molecule has 2 aromatic heterocycles. The predicted molar refractivity (Wildman–Crippen MR) is 75.6 cm³/mol. The van der Waals surface area contributed by atoms with E-state index in [2.05, 4.69) is 33.4 Å². The van der Waals surface area contributed by atoms with Crippen molar-refractivity contribution in [2.45, 2.75) is 13.8 Å². The molecular weight excluding hydrogens is 238 g/mol. The first kappa shape index (κ1) is 11.6. The van der Waals surface area contributed by atoms with Gasteiger partial charge in [-0.2, -0.15) is 5.10 Å². The summed E-state index contributed by atoms with van der Waals surface area (Å²) in [6, 6.07) is 8.12. The molecule has 0 unspecified atom stereocenters. The summed E-state index contributed by atoms with van der Waals surface area (Å²) < 4.78 is 1.85. The topological polar surface area (TPSA) is 55.6 Å². The zero-order chi connectivity index (χ0) is 13.2. The standard InChI is InChI=1S/C14H15N5/c1-3-15-13-11-8-18-19(14(11)17-9-16-13)12-7-5-4-6-10(12)2/h4-9H,3H2,1-2H3,(H,15,16,17). The van der Waals surface area contributed by atoms with E-state index in [9.17, 15) is 0 Å². The normalized spacial score (nSPS) is 10.8. The van der Waals surface area contributed by atoms with E-state index in [4.69, 9.17) is 0 Å². The second-order valence-corrected chi connectivity index (χ2v) is 4.33. The number of nitrogens with one attached hydrogen (secondary N) is 1. The molecule has 0 saturated heterocycles. The molecule has 0 fully saturated rings. The van der Waals surface area contributed by atoms with Crippen molar-refractivity contribution in [2.24, 2.45) is 0 Å². The van der Waals surface area contributed by atoms with Gasteiger partial charge in [0.25, 0.3) is 0 Å². The quantitative estimate of drug-likeness (QED) is 0.779. The molecule has 0 saturated carbocycles. The molecule has 5 nitrogen and oxygen atoms in total. The van der Waals surface area contributed by atoms with Crippen molar-refractivity contribution in [1.29, 1.82) is 0 Å². The van der Waals surface area contributed by atoms with Crippen LogP contribution in [-0.2, 0) is 0 Å². The summed E-state index contributed by atoms with van der Waals surface area (Å²) >= 11 is 0. The number of fused-ring (bicyclic) bond motifs is 1. The van der Waals surface area contributed by atoms with Gasteiger partial charge in [0.2, 0.25) is 0 Å². The average Bonchev–Trinajstić information content (AvgIpc) is 2.85. The zero-order valence-electron chi connectivity index (χ0n) is 11.0. The van der Waals surface area contributed by atoms with Crippen molar-refractivity contribution in [2.75, 3.05) is 11.9 Å². The Morgan fingerprint density at radius 1 is 1.21 bits per heavy atom. The molecule has 0 amide bonds. The van der Waals surface area contributed by atoms with Gasteiger partial charge in [-0.1, -0.05) is 18.2 Å². The number of para-hydroxylation sites is 1. The lowest BCUT2D eigenvalue weighted by Crippen LogP contribution is -2.02. The number of aryl methyl sites for hydroxylation is 1. The predicted octanol–water partition coefficient (Wildman–Crippen LogP) is 2.56. The highest BCUT2D eigenvalue weighted by atomic mass is 15.3. The number of aromatic nitrogens is 4. The van der Waals surface area contributed by atoms with Gasteiger partial charge in [0.15, 0.2) is 5.65 Å². The second kappa shape index (κ2) is 4.68. The van der Waals surface area contributed by atoms with Crippen molar-refractivity contribution >= 4 is 16.9 Å². The van der Waals surface area contributed by atoms with E-state index >= 15 is 0 Å². The van der Waals surface area contributed by atoms with Crippen LogP contribution in [0.1, 0.15) is 12.5 Å². The van der Waals surface area contributed by atoms with Crippen LogP contribution >= 0.6 is 0 Å². The molecule has 5 heteroatoms. The minimum absolute atomic E-state index is 0.820. The Hall–Kier alpha value is -2.43. The molecule has 1 N–H and O–H groups in total. The van der Waals surface area contributed by atoms with Crippen LogP contribution in [0.3, 0.4) is 0 Å². The lowest BCUT2D eigenvalue weighted by atomic mass is 10.2. The summed E-state index contributed by atoms with van der Waals surface area (Å²) in [6.45, 7) is 4.93. The van der Waals surface area contributed by atoms with Gasteiger partial charge in [0.05, 0.1) is 17.3 Å². The van der Waals surface area contributed by atoms with Crippen molar-refractivity contribution in [3.63, 3.8) is 0 Å². The van der Waals surface area contributed by atoms with Gasteiger partial charge in [-0.15, -0.1) is 0 Å². The number of hydrogen-bond acceptors (Lipinski definition) is 4. The van der Waals surface area contributed by atoms with Crippen LogP contribution in [0.5, 0.6) is 0 Å². The molecule has 19 heavy (non-hydrogen) atoms. The van der Waals surface area contributed by atoms with Crippen molar-refractivity contribution in [3.05, 3.63) is 42.4 Å². The number of hydrogen-bond donors (Lipinski definition) is 1. The van der Waals surface area contributed by atoms with Gasteiger partial charge in [0, 0.05) is 6.54 Å². The lowest BCUT2D eigenvalue weighted by Gasteiger charge is -2.07. The Morgan fingerprint density at radius 3 is 2.84 bits per heavy atom. The van der Waals surface area contributed by atoms with Crippen LogP contribution in [0.4, 0.5) is 5.82 Å². The van der Waals surface area contributed by atoms with Gasteiger partial charge in [-0.25, -0.2) is 14.6 Å². The third-order valence-electron chi connectivity index (χ3n) is 3.05. The van der Waals surface area contributed by atoms with Crippen LogP contribution in [0.15, 0.2) is 36.8 Å². The van der Waals surface area contributed by atoms with Gasteiger partial charge < -0.3 is 5.32 Å². The highest BCUT2D eigenvalue weighted by Crippen LogP contribution is 2.22. The van der Waals surface area contributed by atoms with E-state index in [-0.39, 0.29) is 0 Å². The first-order valence-electron chi connectivity index (χ1n) is 6.30. The van der Waals surface area contributed by atoms with Gasteiger partial charge in [0.1, 0.15) is 12.1 Å². The molecular formula is C14H15N5. The molecule has 0 aliphatic heterocycles. The Bertz CT molecular complexity index is 717. The Morgan fingerprint density at radius 2 is 2.05 bits per heavy atom. The highest BCUT2D eigenvalue weighted by molar-refractivity contribution is 5.87. The molecule has 0 spiro atoms. The van der Waals surface area contributed by atoms with Crippen LogP contribution in [0.25, 0.3) is 16.7 Å². The van der Waals surface area contributed by atoms with Gasteiger partial charge in [-0.3, -0.25) is 0 Å². The zero-order valence-corrected chi connectivity index (χ0v) is 11.0. The first-order chi connectivity index (χ1) is 9.31. The molecule has 96 valence electrons. The van der Waals surface area contributed by atoms with Crippen molar-refractivity contribution in [1.82, 2.24) is 19.7 Å². The van der Waals surface area contributed by atoms with Crippen LogP contribution in [0.2, 0.25) is 0 Å². The first-order valence-corrected chi connectivity index (χ1v) is 6.30. The number of rotatable bonds is 3. The molecule has 3 aromatic rings. The fourth-order valence-electron chi connectivity index (χ4n) is 2.13. The van der Waals surface area contributed by atoms with Crippen molar-refractivity contribution < 1.29 is 0 Å². The summed E-state index contributed by atoms with van der Waals surface area (Å²) in [5.41, 5.74) is 3.02. The summed E-state index contributed by atoms with van der Waals surface area (Å²) in [4.78, 5) is 8.60. The molecule has 2 heterocycles. The molecule has 3 rings (SSSR count). The summed E-state index contributed by atoms with van der Waals surface area (Å²) in [7, 11) is 0. The fourth-order valence-corrected chi connectivity index (χ4v) is 2.13. The maximum Gasteiger partial charge on any atom is 0.168 e. The number of nitrogens with zero attached hydrogens (tertiary/aromatic N) is 4.